The number of carbonyl (C=O) groups excluding carboxylic acids is 1. The lowest BCUT2D eigenvalue weighted by molar-refractivity contribution is -0.154. The number of likely N-dealkylation sites (tertiary alicyclic amines) is 1. The zero-order valence-electron chi connectivity index (χ0n) is 20.0. The lowest BCUT2D eigenvalue weighted by Crippen LogP contribution is -2.59. The number of aromatic nitrogens is 3. The maximum absolute atomic E-state index is 13.6. The highest BCUT2D eigenvalue weighted by Gasteiger charge is 2.50. The Morgan fingerprint density at radius 3 is 2.65 bits per heavy atom. The molecule has 0 spiro atoms. The van der Waals surface area contributed by atoms with Crippen molar-refractivity contribution < 1.29 is 9.90 Å². The molecule has 1 aliphatic rings. The van der Waals surface area contributed by atoms with Crippen LogP contribution in [-0.2, 0) is 16.9 Å². The zero-order chi connectivity index (χ0) is 24.5. The molecule has 0 aliphatic carbocycles. The lowest BCUT2D eigenvalue weighted by Gasteiger charge is -2.51. The summed E-state index contributed by atoms with van der Waals surface area (Å²) in [5.74, 6) is 0.108. The highest BCUT2D eigenvalue weighted by molar-refractivity contribution is 7.13. The number of hydrogen-bond acceptors (Lipinski definition) is 6. The van der Waals surface area contributed by atoms with E-state index in [-0.39, 0.29) is 11.8 Å². The molecule has 2 unspecified atom stereocenters. The van der Waals surface area contributed by atoms with E-state index in [2.05, 4.69) is 15.4 Å². The zero-order valence-corrected chi connectivity index (χ0v) is 21.6. The van der Waals surface area contributed by atoms with E-state index in [0.29, 0.717) is 31.1 Å². The normalized spacial score (nSPS) is 21.0. The monoisotopic (exact) mass is 501 g/mol. The number of rotatable bonds is 7. The van der Waals surface area contributed by atoms with Crippen molar-refractivity contribution >= 4 is 34.0 Å². The van der Waals surface area contributed by atoms with E-state index in [1.54, 1.807) is 18.3 Å². The number of halogens is 1. The van der Waals surface area contributed by atoms with E-state index < -0.39 is 17.1 Å². The van der Waals surface area contributed by atoms with Crippen LogP contribution in [0.3, 0.4) is 0 Å². The van der Waals surface area contributed by atoms with Crippen LogP contribution in [0.4, 0.5) is 5.13 Å². The molecule has 0 bridgehead atoms. The molecule has 1 aromatic carbocycles. The van der Waals surface area contributed by atoms with Crippen LogP contribution < -0.4 is 5.32 Å². The molecule has 9 heteroatoms. The van der Waals surface area contributed by atoms with Gasteiger partial charge in [0.25, 0.3) is 0 Å². The third kappa shape index (κ3) is 4.99. The molecule has 4 rings (SSSR count). The van der Waals surface area contributed by atoms with Crippen molar-refractivity contribution in [2.24, 2.45) is 11.3 Å². The minimum Gasteiger partial charge on any atom is -0.384 e. The van der Waals surface area contributed by atoms with Crippen molar-refractivity contribution in [3.8, 4) is 0 Å². The number of carbonyl (C=O) groups is 1. The molecule has 182 valence electrons. The third-order valence-electron chi connectivity index (χ3n) is 6.73. The summed E-state index contributed by atoms with van der Waals surface area (Å²) in [4.78, 5) is 20.1. The van der Waals surface area contributed by atoms with Gasteiger partial charge in [0.2, 0.25) is 5.91 Å². The van der Waals surface area contributed by atoms with Crippen molar-refractivity contribution in [3.63, 3.8) is 0 Å². The van der Waals surface area contributed by atoms with E-state index in [4.69, 9.17) is 11.6 Å². The van der Waals surface area contributed by atoms with Gasteiger partial charge < -0.3 is 15.3 Å². The summed E-state index contributed by atoms with van der Waals surface area (Å²) in [6.45, 7) is 9.63. The predicted octanol–water partition coefficient (Wildman–Crippen LogP) is 4.62. The Bertz CT molecular complexity index is 1110. The highest BCUT2D eigenvalue weighted by atomic mass is 35.5. The summed E-state index contributed by atoms with van der Waals surface area (Å²) in [6.07, 6.45) is 4.10. The van der Waals surface area contributed by atoms with Crippen LogP contribution in [0.25, 0.3) is 0 Å². The van der Waals surface area contributed by atoms with Crippen molar-refractivity contribution in [2.45, 2.75) is 52.3 Å². The van der Waals surface area contributed by atoms with Crippen molar-refractivity contribution in [1.82, 2.24) is 19.7 Å². The van der Waals surface area contributed by atoms with Gasteiger partial charge in [-0.15, -0.1) is 11.3 Å². The Balaban J connectivity index is 1.46. The topological polar surface area (TPSA) is 83.3 Å². The molecule has 1 aliphatic heterocycles. The van der Waals surface area contributed by atoms with Crippen LogP contribution >= 0.6 is 22.9 Å². The number of anilines is 1. The molecule has 0 saturated carbocycles. The maximum atomic E-state index is 13.6. The van der Waals surface area contributed by atoms with Gasteiger partial charge in [0.15, 0.2) is 5.13 Å². The third-order valence-corrected chi connectivity index (χ3v) is 7.80. The number of amides is 1. The Labute approximate surface area is 209 Å². The van der Waals surface area contributed by atoms with E-state index in [0.717, 1.165) is 16.4 Å². The second-order valence-corrected chi connectivity index (χ2v) is 11.3. The molecule has 1 fully saturated rings. The molecule has 3 heterocycles. The summed E-state index contributed by atoms with van der Waals surface area (Å²) in [6, 6.07) is 8.84. The molecule has 1 amide bonds. The molecule has 2 aromatic heterocycles. The number of piperidine rings is 1. The number of hydrogen-bond donors (Lipinski definition) is 2. The van der Waals surface area contributed by atoms with Gasteiger partial charge in [-0.3, -0.25) is 9.48 Å². The molecule has 34 heavy (non-hydrogen) atoms. The van der Waals surface area contributed by atoms with E-state index in [1.807, 2.05) is 67.1 Å². The highest BCUT2D eigenvalue weighted by Crippen LogP contribution is 2.46. The fourth-order valence-electron chi connectivity index (χ4n) is 4.62. The second kappa shape index (κ2) is 9.68. The van der Waals surface area contributed by atoms with Crippen LogP contribution in [0.2, 0.25) is 5.02 Å². The predicted molar refractivity (Wildman–Crippen MR) is 136 cm³/mol. The summed E-state index contributed by atoms with van der Waals surface area (Å²) in [7, 11) is 0. The minimum atomic E-state index is -1.04. The standard InChI is InChI=1S/C25H32ClN5O2S/c1-17(2)21(29-23-28-20(15-34-23)14-31-12-5-11-27-31)22(32)30-13-10-25(33,24(3,4)16-30)18-6-8-19(26)9-7-18/h5-9,11-12,15,17,21,33H,10,13-14,16H2,1-4H3,(H,28,29). The summed E-state index contributed by atoms with van der Waals surface area (Å²) in [5.41, 5.74) is 0.165. The SMILES string of the molecule is CC(C)C(Nc1nc(Cn2cccn2)cs1)C(=O)N1CCC(O)(c2ccc(Cl)cc2)C(C)(C)C1. The molecule has 7 nitrogen and oxygen atoms in total. The molecule has 1 saturated heterocycles. The first-order valence-electron chi connectivity index (χ1n) is 11.5. The first kappa shape index (κ1) is 24.7. The number of benzene rings is 1. The van der Waals surface area contributed by atoms with Crippen molar-refractivity contribution in [1.29, 1.82) is 0 Å². The number of nitrogens with one attached hydrogen (secondary N) is 1. The fourth-order valence-corrected chi connectivity index (χ4v) is 5.49. The summed E-state index contributed by atoms with van der Waals surface area (Å²) < 4.78 is 1.82. The number of aliphatic hydroxyl groups is 1. The Morgan fingerprint density at radius 2 is 2.03 bits per heavy atom. The van der Waals surface area contributed by atoms with Gasteiger partial charge in [0.1, 0.15) is 6.04 Å². The largest absolute Gasteiger partial charge is 0.384 e. The molecule has 2 N–H and O–H groups in total. The van der Waals surface area contributed by atoms with Gasteiger partial charge in [0, 0.05) is 41.3 Å². The van der Waals surface area contributed by atoms with Crippen LogP contribution in [0.15, 0.2) is 48.1 Å². The average Bonchev–Trinajstić information content (AvgIpc) is 3.46. The molecule has 3 aromatic rings. The quantitative estimate of drug-likeness (QED) is 0.493. The number of thiazole rings is 1. The lowest BCUT2D eigenvalue weighted by atomic mass is 9.66. The van der Waals surface area contributed by atoms with Crippen molar-refractivity contribution in [2.75, 3.05) is 18.4 Å². The molecule has 0 radical (unpaired) electrons. The van der Waals surface area contributed by atoms with Gasteiger partial charge in [-0.2, -0.15) is 5.10 Å². The van der Waals surface area contributed by atoms with E-state index >= 15 is 0 Å². The van der Waals surface area contributed by atoms with E-state index in [9.17, 15) is 9.90 Å². The smallest absolute Gasteiger partial charge is 0.245 e. The van der Waals surface area contributed by atoms with Crippen LogP contribution in [0.1, 0.15) is 45.4 Å². The van der Waals surface area contributed by atoms with Gasteiger partial charge in [-0.1, -0.05) is 51.4 Å². The van der Waals surface area contributed by atoms with Crippen molar-refractivity contribution in [3.05, 3.63) is 64.4 Å². The van der Waals surface area contributed by atoms with Gasteiger partial charge in [-0.05, 0) is 36.1 Å². The minimum absolute atomic E-state index is 0.0325. The number of nitrogens with zero attached hydrogens (tertiary/aromatic N) is 4. The summed E-state index contributed by atoms with van der Waals surface area (Å²) in [5, 5.41) is 22.6. The first-order chi connectivity index (χ1) is 16.1. The van der Waals surface area contributed by atoms with Gasteiger partial charge in [-0.25, -0.2) is 4.98 Å². The average molecular weight is 502 g/mol. The molecule has 2 atom stereocenters. The Kier molecular flexibility index (Phi) is 7.03. The van der Waals surface area contributed by atoms with E-state index in [1.165, 1.54) is 11.3 Å². The Morgan fingerprint density at radius 1 is 1.29 bits per heavy atom. The van der Waals surface area contributed by atoms with Crippen LogP contribution in [0.5, 0.6) is 0 Å². The Hall–Kier alpha value is -2.42. The van der Waals surface area contributed by atoms with Crippen LogP contribution in [0, 0.1) is 11.3 Å². The maximum Gasteiger partial charge on any atom is 0.245 e. The van der Waals surface area contributed by atoms with Gasteiger partial charge in [0.05, 0.1) is 17.8 Å². The van der Waals surface area contributed by atoms with Crippen LogP contribution in [-0.4, -0.2) is 49.8 Å². The fraction of sp³-hybridized carbons (Fsp3) is 0.480. The first-order valence-corrected chi connectivity index (χ1v) is 12.8. The summed E-state index contributed by atoms with van der Waals surface area (Å²) >= 11 is 7.54. The van der Waals surface area contributed by atoms with Gasteiger partial charge >= 0.3 is 0 Å². The molecular formula is C25H32ClN5O2S. The second-order valence-electron chi connectivity index (χ2n) is 9.97. The molecular weight excluding hydrogens is 470 g/mol.